The van der Waals surface area contributed by atoms with Crippen LogP contribution in [0.4, 0.5) is 4.79 Å². The van der Waals surface area contributed by atoms with Gasteiger partial charge in [-0.2, -0.15) is 0 Å². The molecule has 0 aromatic heterocycles. The minimum atomic E-state index is -1.55. The molecular weight excluding hydrogens is 412 g/mol. The van der Waals surface area contributed by atoms with Crippen molar-refractivity contribution in [2.75, 3.05) is 6.61 Å². The number of benzene rings is 2. The van der Waals surface area contributed by atoms with Crippen molar-refractivity contribution in [2.45, 2.75) is 32.4 Å². The Kier molecular flexibility index (Phi) is 7.61. The fourth-order valence-corrected chi connectivity index (χ4v) is 2.73. The molecule has 11 nitrogen and oxygen atoms in total. The summed E-state index contributed by atoms with van der Waals surface area (Å²) in [5, 5.41) is 31.0. The Labute approximate surface area is 177 Å². The number of aromatic hydroxyl groups is 2. The molecule has 0 fully saturated rings. The van der Waals surface area contributed by atoms with Gasteiger partial charge in [-0.1, -0.05) is 18.2 Å². The maximum atomic E-state index is 12.5. The molecule has 0 bridgehead atoms. The minimum absolute atomic E-state index is 0.0640. The number of nitrogens with one attached hydrogen (secondary N) is 1. The summed E-state index contributed by atoms with van der Waals surface area (Å²) in [7, 11) is 0. The van der Waals surface area contributed by atoms with Crippen molar-refractivity contribution >= 4 is 12.1 Å². The number of carbonyl (C=O) groups is 2. The van der Waals surface area contributed by atoms with Gasteiger partial charge < -0.3 is 29.8 Å². The van der Waals surface area contributed by atoms with Gasteiger partial charge in [-0.05, 0) is 49.2 Å². The van der Waals surface area contributed by atoms with Gasteiger partial charge in [0.2, 0.25) is 0 Å². The Balaban J connectivity index is 2.15. The van der Waals surface area contributed by atoms with Crippen LogP contribution < -0.4 is 10.1 Å². The number of phenolic OH excluding ortho intramolecular Hbond substituents is 2. The van der Waals surface area contributed by atoms with E-state index in [1.54, 1.807) is 13.0 Å². The lowest BCUT2D eigenvalue weighted by atomic mass is 9.92. The zero-order chi connectivity index (χ0) is 23.0. The van der Waals surface area contributed by atoms with E-state index in [0.29, 0.717) is 11.1 Å². The number of ether oxygens (including phenoxy) is 2. The van der Waals surface area contributed by atoms with Crippen molar-refractivity contribution in [1.82, 2.24) is 5.32 Å². The molecule has 1 atom stereocenters. The molecular formula is C20H22N2O9. The van der Waals surface area contributed by atoms with E-state index in [1.807, 2.05) is 0 Å². The van der Waals surface area contributed by atoms with Crippen molar-refractivity contribution in [3.05, 3.63) is 63.7 Å². The van der Waals surface area contributed by atoms with E-state index in [9.17, 15) is 29.9 Å². The normalized spacial score (nSPS) is 12.3. The van der Waals surface area contributed by atoms with Crippen LogP contribution in [0.15, 0.2) is 42.5 Å². The smallest absolute Gasteiger partial charge is 0.413 e. The molecule has 0 spiro atoms. The molecule has 31 heavy (non-hydrogen) atoms. The molecule has 1 unspecified atom stereocenters. The van der Waals surface area contributed by atoms with Crippen LogP contribution in [0.5, 0.6) is 17.2 Å². The summed E-state index contributed by atoms with van der Waals surface area (Å²) in [6, 6.07) is 9.90. The van der Waals surface area contributed by atoms with Crippen molar-refractivity contribution < 1.29 is 39.2 Å². The largest absolute Gasteiger partial charge is 0.504 e. The highest BCUT2D eigenvalue weighted by Gasteiger charge is 2.37. The fraction of sp³-hybridized carbons (Fsp3) is 0.300. The van der Waals surface area contributed by atoms with E-state index in [2.05, 4.69) is 10.2 Å². The first-order valence-electron chi connectivity index (χ1n) is 9.17. The minimum Gasteiger partial charge on any atom is -0.504 e. The number of amides is 1. The number of hydrogen-bond donors (Lipinski definition) is 3. The maximum absolute atomic E-state index is 12.5. The van der Waals surface area contributed by atoms with Gasteiger partial charge in [-0.15, -0.1) is 10.1 Å². The van der Waals surface area contributed by atoms with Gasteiger partial charge in [0.05, 0.1) is 6.61 Å². The number of phenols is 2. The number of nitrogens with zero attached hydrogens (tertiary/aromatic N) is 1. The first-order valence-corrected chi connectivity index (χ1v) is 9.17. The van der Waals surface area contributed by atoms with Gasteiger partial charge >= 0.3 is 12.1 Å². The molecule has 0 heterocycles. The maximum Gasteiger partial charge on any atom is 0.413 e. The second kappa shape index (κ2) is 10.1. The number of esters is 1. The van der Waals surface area contributed by atoms with Crippen LogP contribution in [-0.4, -0.2) is 39.5 Å². The molecule has 0 aliphatic rings. The topological polar surface area (TPSA) is 157 Å². The molecule has 0 saturated heterocycles. The monoisotopic (exact) mass is 434 g/mol. The van der Waals surface area contributed by atoms with Crippen molar-refractivity contribution in [3.63, 3.8) is 0 Å². The summed E-state index contributed by atoms with van der Waals surface area (Å²) in [4.78, 5) is 39.6. The molecule has 0 aliphatic heterocycles. The third-order valence-corrected chi connectivity index (χ3v) is 4.15. The van der Waals surface area contributed by atoms with Gasteiger partial charge in [-0.3, -0.25) is 0 Å². The average molecular weight is 434 g/mol. The molecule has 166 valence electrons. The average Bonchev–Trinajstić information content (AvgIpc) is 2.69. The number of rotatable bonds is 9. The first-order chi connectivity index (χ1) is 14.6. The Morgan fingerprint density at radius 1 is 1.13 bits per heavy atom. The van der Waals surface area contributed by atoms with Crippen LogP contribution in [0, 0.1) is 10.1 Å². The predicted octanol–water partition coefficient (Wildman–Crippen LogP) is 2.46. The quantitative estimate of drug-likeness (QED) is 0.233. The highest BCUT2D eigenvalue weighted by Crippen LogP contribution is 2.27. The van der Waals surface area contributed by atoms with Crippen LogP contribution in [0.25, 0.3) is 0 Å². The molecule has 2 rings (SSSR count). The summed E-state index contributed by atoms with van der Waals surface area (Å²) in [6.07, 6.45) is -1.03. The lowest BCUT2D eigenvalue weighted by Gasteiger charge is -2.28. The zero-order valence-corrected chi connectivity index (χ0v) is 16.9. The van der Waals surface area contributed by atoms with Gasteiger partial charge in [0.15, 0.2) is 11.5 Å². The Hall–Kier alpha value is -4.02. The second-order valence-corrected chi connectivity index (χ2v) is 6.71. The number of carbonyl (C=O) groups excluding carboxylic acids is 2. The zero-order valence-electron chi connectivity index (χ0n) is 16.9. The summed E-state index contributed by atoms with van der Waals surface area (Å²) in [6.45, 7) is 2.79. The van der Waals surface area contributed by atoms with Crippen LogP contribution in [0.1, 0.15) is 25.0 Å². The first kappa shape index (κ1) is 23.3. The number of hydrogen-bond acceptors (Lipinski definition) is 9. The highest BCUT2D eigenvalue weighted by molar-refractivity contribution is 5.86. The van der Waals surface area contributed by atoms with Gasteiger partial charge in [0.1, 0.15) is 17.9 Å². The van der Waals surface area contributed by atoms with Crippen molar-refractivity contribution in [3.8, 4) is 17.2 Å². The van der Waals surface area contributed by atoms with E-state index >= 15 is 0 Å². The summed E-state index contributed by atoms with van der Waals surface area (Å²) < 4.78 is 10.3. The molecule has 2 aromatic rings. The van der Waals surface area contributed by atoms with Crippen molar-refractivity contribution in [2.24, 2.45) is 0 Å². The van der Waals surface area contributed by atoms with Gasteiger partial charge in [0, 0.05) is 6.42 Å². The molecule has 3 N–H and O–H groups in total. The molecule has 0 aliphatic carbocycles. The fourth-order valence-electron chi connectivity index (χ4n) is 2.73. The lowest BCUT2D eigenvalue weighted by molar-refractivity contribution is -0.763. The highest BCUT2D eigenvalue weighted by atomic mass is 16.9. The predicted molar refractivity (Wildman–Crippen MR) is 106 cm³/mol. The van der Waals surface area contributed by atoms with E-state index in [0.717, 1.165) is 0 Å². The molecule has 2 aromatic carbocycles. The van der Waals surface area contributed by atoms with E-state index in [-0.39, 0.29) is 36.9 Å². The lowest BCUT2D eigenvalue weighted by Crippen LogP contribution is -2.55. The third kappa shape index (κ3) is 6.77. The molecule has 0 radical (unpaired) electrons. The summed E-state index contributed by atoms with van der Waals surface area (Å²) in [5.41, 5.74) is -0.706. The Morgan fingerprint density at radius 2 is 1.87 bits per heavy atom. The molecule has 0 saturated carbocycles. The Morgan fingerprint density at radius 3 is 2.52 bits per heavy atom. The van der Waals surface area contributed by atoms with Crippen molar-refractivity contribution in [1.29, 1.82) is 0 Å². The molecule has 1 amide bonds. The van der Waals surface area contributed by atoms with Gasteiger partial charge in [-0.25, -0.2) is 9.59 Å². The standard InChI is InChI=1S/C20H22N2O9/c1-3-29-18(25)20(2,11-13-7-8-16(23)17(24)10-13)21-19(26)31-15-6-4-5-14(9-15)12-30-22(27)28/h4-10,23-24H,3,11-12H2,1-2H3,(H,21,26). The van der Waals surface area contributed by atoms with Gasteiger partial charge in [0.25, 0.3) is 5.09 Å². The summed E-state index contributed by atoms with van der Waals surface area (Å²) >= 11 is 0. The van der Waals surface area contributed by atoms with E-state index in [1.165, 1.54) is 43.3 Å². The van der Waals surface area contributed by atoms with Crippen LogP contribution in [-0.2, 0) is 27.4 Å². The Bertz CT molecular complexity index is 963. The van der Waals surface area contributed by atoms with Crippen LogP contribution >= 0.6 is 0 Å². The second-order valence-electron chi connectivity index (χ2n) is 6.71. The SMILES string of the molecule is CCOC(=O)C(C)(Cc1ccc(O)c(O)c1)NC(=O)Oc1cccc(CO[N+](=O)[O-])c1. The van der Waals surface area contributed by atoms with Crippen LogP contribution in [0.3, 0.4) is 0 Å². The summed E-state index contributed by atoms with van der Waals surface area (Å²) in [5.74, 6) is -1.35. The third-order valence-electron chi connectivity index (χ3n) is 4.15. The van der Waals surface area contributed by atoms with E-state index in [4.69, 9.17) is 9.47 Å². The van der Waals surface area contributed by atoms with Crippen LogP contribution in [0.2, 0.25) is 0 Å². The molecule has 11 heteroatoms. The van der Waals surface area contributed by atoms with E-state index < -0.39 is 22.7 Å².